The number of hydrogen-bond donors (Lipinski definition) is 2. The largest absolute Gasteiger partial charge is 0.493 e. The molecule has 1 rings (SSSR count). The molecule has 6 heteroatoms. The van der Waals surface area contributed by atoms with Gasteiger partial charge in [-0.2, -0.15) is 0 Å². The zero-order valence-electron chi connectivity index (χ0n) is 13.1. The first-order valence-corrected chi connectivity index (χ1v) is 7.06. The van der Waals surface area contributed by atoms with Crippen molar-refractivity contribution in [2.75, 3.05) is 13.7 Å². The van der Waals surface area contributed by atoms with E-state index in [1.807, 2.05) is 13.0 Å². The molecule has 1 atom stereocenters. The third-order valence-electron chi connectivity index (χ3n) is 2.86. The average Bonchev–Trinajstić information content (AvgIpc) is 2.50. The van der Waals surface area contributed by atoms with Gasteiger partial charge in [-0.3, -0.25) is 9.59 Å². The molecule has 0 spiro atoms. The topological polar surface area (TPSA) is 90.6 Å². The molecule has 1 unspecified atom stereocenters. The summed E-state index contributed by atoms with van der Waals surface area (Å²) in [4.78, 5) is 22.5. The Labute approximate surface area is 130 Å². The molecule has 0 radical (unpaired) electrons. The lowest BCUT2D eigenvalue weighted by atomic mass is 10.2. The van der Waals surface area contributed by atoms with Crippen molar-refractivity contribution in [2.24, 2.45) is 5.73 Å². The summed E-state index contributed by atoms with van der Waals surface area (Å²) in [5, 5.41) is 2.46. The number of amides is 2. The number of hydrogen-bond acceptors (Lipinski definition) is 4. The zero-order chi connectivity index (χ0) is 16.5. The van der Waals surface area contributed by atoms with Crippen LogP contribution in [0.2, 0.25) is 0 Å². The van der Waals surface area contributed by atoms with Crippen molar-refractivity contribution in [1.29, 1.82) is 0 Å². The first-order valence-electron chi connectivity index (χ1n) is 7.06. The van der Waals surface area contributed by atoms with Crippen molar-refractivity contribution < 1.29 is 19.1 Å². The van der Waals surface area contributed by atoms with Crippen LogP contribution < -0.4 is 20.5 Å². The maximum absolute atomic E-state index is 11.6. The zero-order valence-corrected chi connectivity index (χ0v) is 13.1. The molecule has 0 aromatic heterocycles. The molecule has 0 heterocycles. The maximum Gasteiger partial charge on any atom is 0.244 e. The average molecular weight is 306 g/mol. The number of carbonyl (C=O) groups excluding carboxylic acids is 2. The molecular formula is C16H22N2O4. The monoisotopic (exact) mass is 306 g/mol. The van der Waals surface area contributed by atoms with E-state index in [2.05, 4.69) is 5.32 Å². The van der Waals surface area contributed by atoms with Gasteiger partial charge in [0.25, 0.3) is 0 Å². The number of methoxy groups -OCH3 is 1. The van der Waals surface area contributed by atoms with Gasteiger partial charge in [-0.1, -0.05) is 13.0 Å². The Kier molecular flexibility index (Phi) is 6.95. The summed E-state index contributed by atoms with van der Waals surface area (Å²) in [7, 11) is 1.56. The van der Waals surface area contributed by atoms with Crippen LogP contribution in [-0.2, 0) is 9.59 Å². The van der Waals surface area contributed by atoms with Gasteiger partial charge in [-0.25, -0.2) is 0 Å². The highest BCUT2D eigenvalue weighted by atomic mass is 16.5. The van der Waals surface area contributed by atoms with Crippen LogP contribution in [-0.4, -0.2) is 31.6 Å². The third-order valence-corrected chi connectivity index (χ3v) is 2.86. The van der Waals surface area contributed by atoms with Crippen molar-refractivity contribution in [3.63, 3.8) is 0 Å². The highest BCUT2D eigenvalue weighted by Gasteiger charge is 2.10. The molecule has 22 heavy (non-hydrogen) atoms. The van der Waals surface area contributed by atoms with E-state index in [4.69, 9.17) is 15.2 Å². The number of benzene rings is 1. The Morgan fingerprint density at radius 3 is 2.68 bits per heavy atom. The Morgan fingerprint density at radius 1 is 1.36 bits per heavy atom. The van der Waals surface area contributed by atoms with Gasteiger partial charge in [0, 0.05) is 6.08 Å². The summed E-state index contributed by atoms with van der Waals surface area (Å²) >= 11 is 0. The van der Waals surface area contributed by atoms with E-state index >= 15 is 0 Å². The lowest BCUT2D eigenvalue weighted by molar-refractivity contribution is -0.124. The van der Waals surface area contributed by atoms with Crippen molar-refractivity contribution in [3.8, 4) is 11.5 Å². The first-order chi connectivity index (χ1) is 10.5. The molecule has 1 aromatic rings. The molecule has 0 fully saturated rings. The molecule has 0 aliphatic rings. The summed E-state index contributed by atoms with van der Waals surface area (Å²) in [6.07, 6.45) is 3.86. The summed E-state index contributed by atoms with van der Waals surface area (Å²) in [5.41, 5.74) is 5.86. The smallest absolute Gasteiger partial charge is 0.244 e. The predicted octanol–water partition coefficient (Wildman–Crippen LogP) is 1.49. The molecule has 1 aromatic carbocycles. The minimum Gasteiger partial charge on any atom is -0.493 e. The minimum absolute atomic E-state index is 0.392. The Morgan fingerprint density at radius 2 is 2.09 bits per heavy atom. The fourth-order valence-electron chi connectivity index (χ4n) is 1.62. The van der Waals surface area contributed by atoms with Gasteiger partial charge in [-0.15, -0.1) is 0 Å². The summed E-state index contributed by atoms with van der Waals surface area (Å²) in [5.74, 6) is 0.284. The highest BCUT2D eigenvalue weighted by Crippen LogP contribution is 2.28. The van der Waals surface area contributed by atoms with E-state index in [1.165, 1.54) is 13.0 Å². The Hall–Kier alpha value is -2.50. The molecule has 0 saturated carbocycles. The van der Waals surface area contributed by atoms with E-state index in [0.29, 0.717) is 18.1 Å². The fraction of sp³-hybridized carbons (Fsp3) is 0.375. The predicted molar refractivity (Wildman–Crippen MR) is 84.6 cm³/mol. The maximum atomic E-state index is 11.6. The van der Waals surface area contributed by atoms with Crippen LogP contribution in [0, 0.1) is 0 Å². The quantitative estimate of drug-likeness (QED) is 0.712. The van der Waals surface area contributed by atoms with Gasteiger partial charge in [-0.05, 0) is 37.1 Å². The third kappa shape index (κ3) is 5.47. The summed E-state index contributed by atoms with van der Waals surface area (Å²) in [6, 6.07) is 4.66. The van der Waals surface area contributed by atoms with E-state index in [-0.39, 0.29) is 0 Å². The van der Waals surface area contributed by atoms with Crippen LogP contribution >= 0.6 is 0 Å². The number of nitrogens with one attached hydrogen (secondary N) is 1. The number of ether oxygens (including phenoxy) is 2. The first kappa shape index (κ1) is 17.6. The molecule has 3 N–H and O–H groups in total. The molecule has 120 valence electrons. The van der Waals surface area contributed by atoms with E-state index < -0.39 is 17.9 Å². The van der Waals surface area contributed by atoms with Gasteiger partial charge < -0.3 is 20.5 Å². The Balaban J connectivity index is 2.74. The van der Waals surface area contributed by atoms with Gasteiger partial charge in [0.15, 0.2) is 11.5 Å². The van der Waals surface area contributed by atoms with E-state index in [1.54, 1.807) is 25.3 Å². The number of rotatable bonds is 8. The normalized spacial score (nSPS) is 12.0. The van der Waals surface area contributed by atoms with Crippen LogP contribution in [0.1, 0.15) is 25.8 Å². The standard InChI is InChI=1S/C16H22N2O4/c1-4-9-22-13-7-5-12(10-14(13)21-3)6-8-15(19)18-11(2)16(17)20/h5-8,10-11H,4,9H2,1-3H3,(H2,17,20)(H,18,19)/b8-6+. The van der Waals surface area contributed by atoms with Crippen LogP contribution in [0.3, 0.4) is 0 Å². The van der Waals surface area contributed by atoms with Crippen LogP contribution in [0.15, 0.2) is 24.3 Å². The van der Waals surface area contributed by atoms with Gasteiger partial charge in [0.05, 0.1) is 13.7 Å². The molecule has 0 aliphatic carbocycles. The molecule has 0 bridgehead atoms. The van der Waals surface area contributed by atoms with Crippen LogP contribution in [0.4, 0.5) is 0 Å². The number of primary amides is 1. The lowest BCUT2D eigenvalue weighted by Gasteiger charge is -2.10. The number of carbonyl (C=O) groups is 2. The van der Waals surface area contributed by atoms with Gasteiger partial charge in [0.2, 0.25) is 11.8 Å². The van der Waals surface area contributed by atoms with Gasteiger partial charge >= 0.3 is 0 Å². The summed E-state index contributed by atoms with van der Waals surface area (Å²) in [6.45, 7) is 4.16. The van der Waals surface area contributed by atoms with Crippen molar-refractivity contribution >= 4 is 17.9 Å². The SMILES string of the molecule is CCCOc1ccc(/C=C/C(=O)NC(C)C(N)=O)cc1OC. The molecule has 6 nitrogen and oxygen atoms in total. The Bertz CT molecular complexity index is 555. The summed E-state index contributed by atoms with van der Waals surface area (Å²) < 4.78 is 10.8. The molecule has 0 aliphatic heterocycles. The molecular weight excluding hydrogens is 284 g/mol. The molecule has 0 saturated heterocycles. The van der Waals surface area contributed by atoms with Crippen molar-refractivity contribution in [2.45, 2.75) is 26.3 Å². The minimum atomic E-state index is -0.712. The van der Waals surface area contributed by atoms with Crippen molar-refractivity contribution in [1.82, 2.24) is 5.32 Å². The second kappa shape index (κ2) is 8.71. The highest BCUT2D eigenvalue weighted by molar-refractivity contribution is 5.95. The molecule has 2 amide bonds. The second-order valence-electron chi connectivity index (χ2n) is 4.72. The van der Waals surface area contributed by atoms with E-state index in [0.717, 1.165) is 12.0 Å². The fourth-order valence-corrected chi connectivity index (χ4v) is 1.62. The lowest BCUT2D eigenvalue weighted by Crippen LogP contribution is -2.41. The van der Waals surface area contributed by atoms with Gasteiger partial charge in [0.1, 0.15) is 6.04 Å². The van der Waals surface area contributed by atoms with Crippen LogP contribution in [0.5, 0.6) is 11.5 Å². The van der Waals surface area contributed by atoms with E-state index in [9.17, 15) is 9.59 Å². The second-order valence-corrected chi connectivity index (χ2v) is 4.72. The van der Waals surface area contributed by atoms with Crippen LogP contribution in [0.25, 0.3) is 6.08 Å². The number of nitrogens with two attached hydrogens (primary N) is 1. The van der Waals surface area contributed by atoms with Crippen molar-refractivity contribution in [3.05, 3.63) is 29.8 Å².